The maximum Gasteiger partial charge on any atom is 0.229 e. The molecular formula is C20H15BrClN3OS. The van der Waals surface area contributed by atoms with Gasteiger partial charge in [0, 0.05) is 27.5 Å². The number of fused-ring (bicyclic) bond motifs is 1. The van der Waals surface area contributed by atoms with Crippen LogP contribution in [0.25, 0.3) is 0 Å². The molecule has 1 amide bonds. The molecule has 2 aromatic rings. The summed E-state index contributed by atoms with van der Waals surface area (Å²) in [6, 6.07) is 17.8. The van der Waals surface area contributed by atoms with Crippen molar-refractivity contribution >= 4 is 50.9 Å². The van der Waals surface area contributed by atoms with Gasteiger partial charge >= 0.3 is 0 Å². The molecule has 4 nitrogen and oxygen atoms in total. The summed E-state index contributed by atoms with van der Waals surface area (Å²) >= 11 is 11.1. The molecule has 0 aliphatic carbocycles. The molecule has 1 saturated heterocycles. The third-order valence-electron chi connectivity index (χ3n) is 4.74. The van der Waals surface area contributed by atoms with Crippen LogP contribution in [0.15, 0.2) is 63.6 Å². The minimum absolute atomic E-state index is 0.0381. The Bertz CT molecular complexity index is 970. The molecule has 0 N–H and O–H groups in total. The molecule has 2 aromatic carbocycles. The SMILES string of the molecule is N#CC1=C2SCN(c3cccc(Cl)c3)CN2C(=O)C[C@H]1c1ccc(Br)cc1. The standard InChI is InChI=1S/C20H15BrClN3OS/c21-14-6-4-13(5-7-14)17-9-19(26)25-11-24(12-27-20(25)18(17)10-23)16-3-1-2-15(22)8-16/h1-8,17H,9,11-12H2/t17-/m0/s1. The van der Waals surface area contributed by atoms with Gasteiger partial charge in [0.2, 0.25) is 5.91 Å². The third kappa shape index (κ3) is 3.60. The highest BCUT2D eigenvalue weighted by Crippen LogP contribution is 2.43. The lowest BCUT2D eigenvalue weighted by atomic mass is 9.86. The summed E-state index contributed by atoms with van der Waals surface area (Å²) in [4.78, 5) is 16.7. The summed E-state index contributed by atoms with van der Waals surface area (Å²) < 4.78 is 0.977. The van der Waals surface area contributed by atoms with Crippen LogP contribution >= 0.6 is 39.3 Å². The monoisotopic (exact) mass is 459 g/mol. The Morgan fingerprint density at radius 1 is 1.22 bits per heavy atom. The molecule has 2 heterocycles. The maximum atomic E-state index is 12.9. The highest BCUT2D eigenvalue weighted by molar-refractivity contribution is 9.10. The highest BCUT2D eigenvalue weighted by Gasteiger charge is 2.38. The molecule has 27 heavy (non-hydrogen) atoms. The minimum atomic E-state index is -0.188. The summed E-state index contributed by atoms with van der Waals surface area (Å²) in [5, 5.41) is 11.3. The fourth-order valence-corrected chi connectivity index (χ4v) is 4.99. The Morgan fingerprint density at radius 2 is 2.00 bits per heavy atom. The van der Waals surface area contributed by atoms with Gasteiger partial charge in [-0.2, -0.15) is 5.26 Å². The van der Waals surface area contributed by atoms with Crippen LogP contribution < -0.4 is 4.90 Å². The van der Waals surface area contributed by atoms with Crippen LogP contribution in [-0.4, -0.2) is 23.4 Å². The lowest BCUT2D eigenvalue weighted by Gasteiger charge is -2.42. The molecular weight excluding hydrogens is 446 g/mol. The number of thioether (sulfide) groups is 1. The number of carbonyl (C=O) groups is 1. The van der Waals surface area contributed by atoms with Crippen LogP contribution in [0.3, 0.4) is 0 Å². The number of halogens is 2. The van der Waals surface area contributed by atoms with E-state index >= 15 is 0 Å². The van der Waals surface area contributed by atoms with Crippen molar-refractivity contribution < 1.29 is 4.79 Å². The van der Waals surface area contributed by atoms with Crippen LogP contribution in [0.5, 0.6) is 0 Å². The van der Waals surface area contributed by atoms with Gasteiger partial charge in [-0.25, -0.2) is 0 Å². The number of allylic oxidation sites excluding steroid dienone is 1. The van der Waals surface area contributed by atoms with Gasteiger partial charge in [0.1, 0.15) is 0 Å². The van der Waals surface area contributed by atoms with E-state index < -0.39 is 0 Å². The van der Waals surface area contributed by atoms with Crippen LogP contribution in [0.2, 0.25) is 5.02 Å². The zero-order valence-corrected chi connectivity index (χ0v) is 17.4. The first-order valence-electron chi connectivity index (χ1n) is 8.40. The van der Waals surface area contributed by atoms with Crippen molar-refractivity contribution in [2.75, 3.05) is 17.4 Å². The Hall–Kier alpha value is -1.94. The lowest BCUT2D eigenvalue weighted by Crippen LogP contribution is -2.47. The summed E-state index contributed by atoms with van der Waals surface area (Å²) in [6.07, 6.45) is 0.304. The molecule has 136 valence electrons. The van der Waals surface area contributed by atoms with Gasteiger partial charge < -0.3 is 4.90 Å². The Kier molecular flexibility index (Phi) is 5.18. The average molecular weight is 461 g/mol. The number of benzene rings is 2. The predicted octanol–water partition coefficient (Wildman–Crippen LogP) is 5.32. The summed E-state index contributed by atoms with van der Waals surface area (Å²) in [7, 11) is 0. The molecule has 2 aliphatic rings. The summed E-state index contributed by atoms with van der Waals surface area (Å²) in [5.74, 6) is 0.515. The van der Waals surface area contributed by atoms with E-state index in [0.717, 1.165) is 20.8 Å². The number of rotatable bonds is 2. The molecule has 0 radical (unpaired) electrons. The summed E-state index contributed by atoms with van der Waals surface area (Å²) in [5.41, 5.74) is 2.64. The van der Waals surface area contributed by atoms with E-state index in [1.807, 2.05) is 48.5 Å². The number of amides is 1. The molecule has 4 rings (SSSR count). The van der Waals surface area contributed by atoms with Crippen molar-refractivity contribution in [1.82, 2.24) is 4.90 Å². The topological polar surface area (TPSA) is 47.3 Å². The quantitative estimate of drug-likeness (QED) is 0.608. The van der Waals surface area contributed by atoms with Crippen LogP contribution in [0.4, 0.5) is 5.69 Å². The number of carbonyl (C=O) groups excluding carboxylic acids is 1. The second-order valence-corrected chi connectivity index (χ2v) is 8.68. The molecule has 0 bridgehead atoms. The maximum absolute atomic E-state index is 12.9. The van der Waals surface area contributed by atoms with Gasteiger partial charge in [-0.3, -0.25) is 9.69 Å². The van der Waals surface area contributed by atoms with Crippen molar-refractivity contribution in [3.63, 3.8) is 0 Å². The predicted molar refractivity (Wildman–Crippen MR) is 112 cm³/mol. The van der Waals surface area contributed by atoms with E-state index in [-0.39, 0.29) is 11.8 Å². The molecule has 0 aromatic heterocycles. The first-order valence-corrected chi connectivity index (χ1v) is 10.6. The average Bonchev–Trinajstić information content (AvgIpc) is 2.68. The Balaban J connectivity index is 1.66. The van der Waals surface area contributed by atoms with Gasteiger partial charge in [0.15, 0.2) is 0 Å². The van der Waals surface area contributed by atoms with E-state index in [4.69, 9.17) is 11.6 Å². The number of anilines is 1. The van der Waals surface area contributed by atoms with Gasteiger partial charge in [0.05, 0.1) is 29.2 Å². The smallest absolute Gasteiger partial charge is 0.229 e. The number of hydrogen-bond acceptors (Lipinski definition) is 4. The van der Waals surface area contributed by atoms with Crippen molar-refractivity contribution in [2.45, 2.75) is 12.3 Å². The van der Waals surface area contributed by atoms with Gasteiger partial charge in [-0.05, 0) is 35.9 Å². The normalized spacial score (nSPS) is 19.7. The van der Waals surface area contributed by atoms with E-state index in [1.165, 1.54) is 11.8 Å². The highest BCUT2D eigenvalue weighted by atomic mass is 79.9. The van der Waals surface area contributed by atoms with Gasteiger partial charge in [-0.1, -0.05) is 57.5 Å². The van der Waals surface area contributed by atoms with Gasteiger partial charge in [-0.15, -0.1) is 0 Å². The van der Waals surface area contributed by atoms with Crippen molar-refractivity contribution in [1.29, 1.82) is 5.26 Å². The fourth-order valence-electron chi connectivity index (χ4n) is 3.38. The zero-order valence-electron chi connectivity index (χ0n) is 14.2. The van der Waals surface area contributed by atoms with Gasteiger partial charge in [0.25, 0.3) is 0 Å². The minimum Gasteiger partial charge on any atom is -0.344 e. The second kappa shape index (κ2) is 7.59. The van der Waals surface area contributed by atoms with E-state index in [9.17, 15) is 10.1 Å². The van der Waals surface area contributed by atoms with Crippen molar-refractivity contribution in [3.8, 4) is 6.07 Å². The molecule has 2 aliphatic heterocycles. The molecule has 0 spiro atoms. The summed E-state index contributed by atoms with van der Waals surface area (Å²) in [6.45, 7) is 0.430. The largest absolute Gasteiger partial charge is 0.344 e. The zero-order chi connectivity index (χ0) is 19.0. The van der Waals surface area contributed by atoms with Crippen molar-refractivity contribution in [2.24, 2.45) is 0 Å². The molecule has 1 atom stereocenters. The first kappa shape index (κ1) is 18.4. The van der Waals surface area contributed by atoms with E-state index in [2.05, 4.69) is 26.9 Å². The van der Waals surface area contributed by atoms with E-state index in [0.29, 0.717) is 29.6 Å². The molecule has 7 heteroatoms. The molecule has 1 fully saturated rings. The van der Waals surface area contributed by atoms with Crippen molar-refractivity contribution in [3.05, 3.63) is 74.2 Å². The third-order valence-corrected chi connectivity index (χ3v) is 6.66. The lowest BCUT2D eigenvalue weighted by molar-refractivity contribution is -0.129. The second-order valence-electron chi connectivity index (χ2n) is 6.40. The van der Waals surface area contributed by atoms with Crippen LogP contribution in [0, 0.1) is 11.3 Å². The van der Waals surface area contributed by atoms with E-state index in [1.54, 1.807) is 4.90 Å². The molecule has 0 saturated carbocycles. The number of nitriles is 1. The first-order chi connectivity index (χ1) is 13.1. The number of hydrogen-bond donors (Lipinski definition) is 0. The Labute approximate surface area is 175 Å². The molecule has 0 unspecified atom stereocenters. The van der Waals surface area contributed by atoms with Crippen LogP contribution in [-0.2, 0) is 4.79 Å². The Morgan fingerprint density at radius 3 is 2.70 bits per heavy atom. The number of nitrogens with zero attached hydrogens (tertiary/aromatic N) is 3. The fraction of sp³-hybridized carbons (Fsp3) is 0.200. The van der Waals surface area contributed by atoms with Crippen LogP contribution in [0.1, 0.15) is 17.9 Å².